The number of halogens is 6. The summed E-state index contributed by atoms with van der Waals surface area (Å²) in [5.74, 6) is -2.79. The van der Waals surface area contributed by atoms with Crippen molar-refractivity contribution in [1.82, 2.24) is 14.5 Å². The van der Waals surface area contributed by atoms with Crippen LogP contribution in [-0.2, 0) is 43.5 Å². The number of nitrogens with zero attached hydrogens (tertiary/aromatic N) is 2. The Morgan fingerprint density at radius 2 is 1.68 bits per heavy atom. The number of ether oxygens (including phenoxy) is 1. The number of rotatable bonds is 4. The van der Waals surface area contributed by atoms with E-state index in [-0.39, 0.29) is 75.3 Å². The van der Waals surface area contributed by atoms with Crippen LogP contribution in [0.15, 0.2) is 17.0 Å². The number of sulfonamides is 1. The van der Waals surface area contributed by atoms with Crippen LogP contribution in [0.25, 0.3) is 0 Å². The fourth-order valence-corrected chi connectivity index (χ4v) is 9.45. The molecule has 3 heterocycles. The average molecular weight is 654 g/mol. The summed E-state index contributed by atoms with van der Waals surface area (Å²) in [5, 5.41) is 0. The number of carbonyl (C=O) groups excluding carboxylic acids is 2. The van der Waals surface area contributed by atoms with Gasteiger partial charge in [-0.25, -0.2) is 13.1 Å². The summed E-state index contributed by atoms with van der Waals surface area (Å²) in [5.41, 5.74) is -3.02. The largest absolute Gasteiger partial charge is 0.471 e. The van der Waals surface area contributed by atoms with Gasteiger partial charge in [-0.05, 0) is 88.5 Å². The number of nitrogens with one attached hydrogen (secondary N) is 1. The maximum absolute atomic E-state index is 14.1. The number of hydrogen-bond donors (Lipinski definition) is 1. The minimum atomic E-state index is -5.10. The molecule has 1 aliphatic carbocycles. The molecule has 3 fully saturated rings. The van der Waals surface area contributed by atoms with Gasteiger partial charge in [0.1, 0.15) is 0 Å². The van der Waals surface area contributed by atoms with Gasteiger partial charge in [0, 0.05) is 43.4 Å². The fourth-order valence-electron chi connectivity index (χ4n) is 7.71. The molecule has 5 rings (SSSR count). The van der Waals surface area contributed by atoms with Crippen LogP contribution in [0.4, 0.5) is 26.3 Å². The summed E-state index contributed by atoms with van der Waals surface area (Å²) in [6, 6.07) is -0.632. The van der Waals surface area contributed by atoms with Gasteiger partial charge in [-0.3, -0.25) is 9.59 Å². The summed E-state index contributed by atoms with van der Waals surface area (Å²) >= 11 is 0. The molecule has 44 heavy (non-hydrogen) atoms. The van der Waals surface area contributed by atoms with Crippen LogP contribution in [0.1, 0.15) is 76.5 Å². The molecule has 8 nitrogen and oxygen atoms in total. The lowest BCUT2D eigenvalue weighted by Gasteiger charge is -2.39. The first-order valence-electron chi connectivity index (χ1n) is 14.7. The lowest BCUT2D eigenvalue weighted by atomic mass is 9.73. The standard InChI is InChI=1S/C29H37F6N3O5S/c1-16-22-13-21-17(11-18(28(30,31)32)12-23(21)44(41,42)36-26(2,3)4)15-37(22)24(39)27(16)8-5-20(14-27)38(25(40)29(33,34)35)19-6-9-43-10-7-19/h11-12,16,19-20,22,36H,5-10,13-15H2,1-4H3/t16?,20-,22?,27+/m1/s1. The van der Waals surface area contributed by atoms with Crippen molar-refractivity contribution in [2.75, 3.05) is 13.2 Å². The molecular weight excluding hydrogens is 616 g/mol. The van der Waals surface area contributed by atoms with Crippen molar-refractivity contribution in [3.63, 3.8) is 0 Å². The topological polar surface area (TPSA) is 96.0 Å². The summed E-state index contributed by atoms with van der Waals surface area (Å²) in [7, 11) is -4.40. The van der Waals surface area contributed by atoms with Crippen molar-refractivity contribution in [3.8, 4) is 0 Å². The van der Waals surface area contributed by atoms with Crippen molar-refractivity contribution in [2.24, 2.45) is 11.3 Å². The molecule has 4 atom stereocenters. The van der Waals surface area contributed by atoms with Gasteiger partial charge in [0.2, 0.25) is 15.9 Å². The molecule has 246 valence electrons. The Morgan fingerprint density at radius 3 is 2.25 bits per heavy atom. The van der Waals surface area contributed by atoms with E-state index in [1.54, 1.807) is 27.7 Å². The highest BCUT2D eigenvalue weighted by Gasteiger charge is 2.62. The molecule has 2 amide bonds. The Labute approximate surface area is 252 Å². The maximum Gasteiger partial charge on any atom is 0.471 e. The molecule has 2 saturated heterocycles. The van der Waals surface area contributed by atoms with Gasteiger partial charge in [-0.1, -0.05) is 6.92 Å². The van der Waals surface area contributed by atoms with E-state index in [9.17, 15) is 44.3 Å². The predicted molar refractivity (Wildman–Crippen MR) is 146 cm³/mol. The quantitative estimate of drug-likeness (QED) is 0.472. The van der Waals surface area contributed by atoms with Gasteiger partial charge in [-0.15, -0.1) is 0 Å². The van der Waals surface area contributed by atoms with Crippen LogP contribution in [-0.4, -0.2) is 73.1 Å². The van der Waals surface area contributed by atoms with Crippen LogP contribution in [0.3, 0.4) is 0 Å². The van der Waals surface area contributed by atoms with Gasteiger partial charge in [0.15, 0.2) is 0 Å². The highest BCUT2D eigenvalue weighted by molar-refractivity contribution is 7.89. The highest BCUT2D eigenvalue weighted by Crippen LogP contribution is 2.56. The number of benzene rings is 1. The number of hydrogen-bond acceptors (Lipinski definition) is 5. The van der Waals surface area contributed by atoms with E-state index < -0.39 is 73.7 Å². The smallest absolute Gasteiger partial charge is 0.381 e. The third-order valence-corrected chi connectivity index (χ3v) is 11.5. The Bertz CT molecular complexity index is 1430. The SMILES string of the molecule is CC1C2Cc3c(cc(C(F)(F)F)cc3S(=O)(=O)NC(C)(C)C)CN2C(=O)[C@]12CC[C@@H](N(C(=O)C(F)(F)F)C1CCOCC1)C2. The highest BCUT2D eigenvalue weighted by atomic mass is 32.2. The zero-order valence-corrected chi connectivity index (χ0v) is 25.8. The summed E-state index contributed by atoms with van der Waals surface area (Å²) in [4.78, 5) is 28.6. The third kappa shape index (κ3) is 5.83. The molecule has 0 bridgehead atoms. The van der Waals surface area contributed by atoms with Crippen molar-refractivity contribution < 1.29 is 49.1 Å². The fraction of sp³-hybridized carbons (Fsp3) is 0.724. The van der Waals surface area contributed by atoms with Crippen LogP contribution in [0.5, 0.6) is 0 Å². The molecular formula is C29H37F6N3O5S. The lowest BCUT2D eigenvalue weighted by molar-refractivity contribution is -0.192. The lowest BCUT2D eigenvalue weighted by Crippen LogP contribution is -2.53. The van der Waals surface area contributed by atoms with E-state index in [4.69, 9.17) is 4.74 Å². The summed E-state index contributed by atoms with van der Waals surface area (Å²) in [6.07, 6.45) is -9.15. The molecule has 15 heteroatoms. The van der Waals surface area contributed by atoms with E-state index in [2.05, 4.69) is 4.72 Å². The van der Waals surface area contributed by atoms with Gasteiger partial charge in [-0.2, -0.15) is 26.3 Å². The van der Waals surface area contributed by atoms with Crippen molar-refractivity contribution >= 4 is 21.8 Å². The van der Waals surface area contributed by atoms with E-state index >= 15 is 0 Å². The second kappa shape index (κ2) is 10.9. The zero-order chi connectivity index (χ0) is 32.6. The molecule has 3 aliphatic heterocycles. The van der Waals surface area contributed by atoms with Crippen LogP contribution >= 0.6 is 0 Å². The summed E-state index contributed by atoms with van der Waals surface area (Å²) < 4.78 is 118. The van der Waals surface area contributed by atoms with Gasteiger partial charge >= 0.3 is 18.3 Å². The van der Waals surface area contributed by atoms with Gasteiger partial charge < -0.3 is 14.5 Å². The van der Waals surface area contributed by atoms with E-state index in [1.165, 1.54) is 4.90 Å². The second-order valence-electron chi connectivity index (χ2n) is 13.6. The van der Waals surface area contributed by atoms with Crippen LogP contribution < -0.4 is 4.72 Å². The maximum atomic E-state index is 14.1. The number of fused-ring (bicyclic) bond motifs is 2. The summed E-state index contributed by atoms with van der Waals surface area (Å²) in [6.45, 7) is 6.65. The molecule has 0 aromatic heterocycles. The molecule has 1 saturated carbocycles. The Hall–Kier alpha value is -2.39. The molecule has 2 unspecified atom stereocenters. The molecule has 1 spiro atoms. The normalized spacial score (nSPS) is 28.4. The van der Waals surface area contributed by atoms with E-state index in [1.807, 2.05) is 0 Å². The minimum absolute atomic E-state index is 0.0138. The van der Waals surface area contributed by atoms with Crippen molar-refractivity contribution in [1.29, 1.82) is 0 Å². The first-order valence-corrected chi connectivity index (χ1v) is 16.2. The zero-order valence-electron chi connectivity index (χ0n) is 24.9. The van der Waals surface area contributed by atoms with Crippen molar-refractivity contribution in [3.05, 3.63) is 28.8 Å². The number of amides is 2. The second-order valence-corrected chi connectivity index (χ2v) is 15.2. The molecule has 1 N–H and O–H groups in total. The Kier molecular flexibility index (Phi) is 8.14. The predicted octanol–water partition coefficient (Wildman–Crippen LogP) is 4.79. The third-order valence-electron chi connectivity index (χ3n) is 9.63. The Morgan fingerprint density at radius 1 is 1.05 bits per heavy atom. The van der Waals surface area contributed by atoms with E-state index in [0.29, 0.717) is 6.07 Å². The average Bonchev–Trinajstić information content (AvgIpc) is 3.42. The molecule has 1 aromatic rings. The van der Waals surface area contributed by atoms with Gasteiger partial charge in [0.25, 0.3) is 0 Å². The van der Waals surface area contributed by atoms with Crippen LogP contribution in [0.2, 0.25) is 0 Å². The first kappa shape index (κ1) is 33.0. The molecule has 1 aromatic carbocycles. The Balaban J connectivity index is 1.50. The molecule has 4 aliphatic rings. The number of alkyl halides is 6. The van der Waals surface area contributed by atoms with E-state index in [0.717, 1.165) is 11.0 Å². The monoisotopic (exact) mass is 653 g/mol. The van der Waals surface area contributed by atoms with Crippen molar-refractivity contribution in [2.45, 2.75) is 114 Å². The van der Waals surface area contributed by atoms with Gasteiger partial charge in [0.05, 0.1) is 15.9 Å². The molecule has 0 radical (unpaired) electrons. The first-order chi connectivity index (χ1) is 20.2. The minimum Gasteiger partial charge on any atom is -0.381 e. The van der Waals surface area contributed by atoms with Crippen LogP contribution in [0, 0.1) is 11.3 Å². The number of carbonyl (C=O) groups is 2.